The van der Waals surface area contributed by atoms with Crippen LogP contribution in [0.25, 0.3) is 0 Å². The number of carbonyl (C=O) groups is 1. The molecule has 1 amide bonds. The molecule has 8 heteroatoms. The van der Waals surface area contributed by atoms with Gasteiger partial charge < -0.3 is 5.32 Å². The highest BCUT2D eigenvalue weighted by atomic mass is 32.2. The van der Waals surface area contributed by atoms with Gasteiger partial charge in [-0.2, -0.15) is 0 Å². The van der Waals surface area contributed by atoms with Crippen LogP contribution in [0.2, 0.25) is 0 Å². The van der Waals surface area contributed by atoms with Crippen LogP contribution in [0.4, 0.5) is 20.2 Å². The lowest BCUT2D eigenvalue weighted by Gasteiger charge is -2.13. The number of carbonyl (C=O) groups excluding carboxylic acids is 1. The van der Waals surface area contributed by atoms with Crippen molar-refractivity contribution in [2.24, 2.45) is 0 Å². The van der Waals surface area contributed by atoms with E-state index in [1.807, 2.05) is 13.0 Å². The lowest BCUT2D eigenvalue weighted by molar-refractivity contribution is 0.102. The summed E-state index contributed by atoms with van der Waals surface area (Å²) in [6, 6.07) is 15.2. The van der Waals surface area contributed by atoms with E-state index in [1.54, 1.807) is 24.3 Å². The molecule has 0 aliphatic rings. The fraction of sp³-hybridized carbons (Fsp3) is 0.0500. The van der Waals surface area contributed by atoms with E-state index in [9.17, 15) is 22.0 Å². The number of benzene rings is 3. The van der Waals surface area contributed by atoms with Gasteiger partial charge in [-0.05, 0) is 48.9 Å². The molecule has 0 heterocycles. The topological polar surface area (TPSA) is 75.3 Å². The second-order valence-corrected chi connectivity index (χ2v) is 7.70. The van der Waals surface area contributed by atoms with Gasteiger partial charge in [-0.25, -0.2) is 17.2 Å². The number of hydrogen-bond donors (Lipinski definition) is 2. The number of rotatable bonds is 5. The van der Waals surface area contributed by atoms with Gasteiger partial charge in [0.05, 0.1) is 11.3 Å². The molecule has 5 nitrogen and oxygen atoms in total. The molecule has 0 radical (unpaired) electrons. The standard InChI is InChI=1S/C20H16F2N2O3S/c1-13-5-4-6-15(11-13)23-20(25)16-7-2-3-8-18(16)24-28(26,27)19-10-9-14(21)12-17(19)22/h2-12,24H,1H3,(H,23,25). The van der Waals surface area contributed by atoms with Gasteiger partial charge in [0, 0.05) is 11.8 Å². The first-order chi connectivity index (χ1) is 13.3. The first kappa shape index (κ1) is 19.5. The number of halogens is 2. The minimum absolute atomic E-state index is 0.0311. The van der Waals surface area contributed by atoms with Gasteiger partial charge in [-0.1, -0.05) is 24.3 Å². The molecule has 3 aromatic carbocycles. The molecule has 0 spiro atoms. The Hall–Kier alpha value is -3.26. The third kappa shape index (κ3) is 4.34. The van der Waals surface area contributed by atoms with Crippen molar-refractivity contribution in [2.45, 2.75) is 11.8 Å². The molecule has 144 valence electrons. The summed E-state index contributed by atoms with van der Waals surface area (Å²) in [6.07, 6.45) is 0. The molecule has 0 bridgehead atoms. The Kier molecular flexibility index (Phi) is 5.41. The van der Waals surface area contributed by atoms with Crippen LogP contribution >= 0.6 is 0 Å². The van der Waals surface area contributed by atoms with E-state index in [1.165, 1.54) is 18.2 Å². The van der Waals surface area contributed by atoms with Crippen molar-refractivity contribution < 1.29 is 22.0 Å². The van der Waals surface area contributed by atoms with Crippen molar-refractivity contribution >= 4 is 27.3 Å². The molecule has 0 fully saturated rings. The summed E-state index contributed by atoms with van der Waals surface area (Å²) in [5.41, 5.74) is 1.51. The predicted molar refractivity (Wildman–Crippen MR) is 103 cm³/mol. The Morgan fingerprint density at radius 3 is 2.39 bits per heavy atom. The zero-order valence-corrected chi connectivity index (χ0v) is 15.6. The fourth-order valence-electron chi connectivity index (χ4n) is 2.58. The molecule has 2 N–H and O–H groups in total. The second-order valence-electron chi connectivity index (χ2n) is 6.05. The van der Waals surface area contributed by atoms with Crippen molar-refractivity contribution in [3.63, 3.8) is 0 Å². The van der Waals surface area contributed by atoms with Crippen LogP contribution in [-0.2, 0) is 10.0 Å². The summed E-state index contributed by atoms with van der Waals surface area (Å²) in [5, 5.41) is 2.69. The maximum absolute atomic E-state index is 13.9. The summed E-state index contributed by atoms with van der Waals surface area (Å²) >= 11 is 0. The molecule has 0 aliphatic carbocycles. The van der Waals surface area contributed by atoms with E-state index in [2.05, 4.69) is 10.0 Å². The van der Waals surface area contributed by atoms with Crippen LogP contribution in [0.5, 0.6) is 0 Å². The molecule has 0 saturated carbocycles. The summed E-state index contributed by atoms with van der Waals surface area (Å²) in [6.45, 7) is 1.87. The molecule has 0 aromatic heterocycles. The second kappa shape index (κ2) is 7.77. The Morgan fingerprint density at radius 1 is 0.929 bits per heavy atom. The van der Waals surface area contributed by atoms with Crippen molar-refractivity contribution in [1.29, 1.82) is 0 Å². The molecule has 3 aromatic rings. The summed E-state index contributed by atoms with van der Waals surface area (Å²) in [4.78, 5) is 11.9. The van der Waals surface area contributed by atoms with Gasteiger partial charge in [0.2, 0.25) is 0 Å². The van der Waals surface area contributed by atoms with Crippen LogP contribution in [-0.4, -0.2) is 14.3 Å². The largest absolute Gasteiger partial charge is 0.322 e. The number of sulfonamides is 1. The minimum atomic E-state index is -4.37. The molecule has 0 saturated heterocycles. The fourth-order valence-corrected chi connectivity index (χ4v) is 3.72. The third-order valence-corrected chi connectivity index (χ3v) is 5.27. The molecular weight excluding hydrogens is 386 g/mol. The highest BCUT2D eigenvalue weighted by molar-refractivity contribution is 7.92. The summed E-state index contributed by atoms with van der Waals surface area (Å²) < 4.78 is 54.2. The normalized spacial score (nSPS) is 11.1. The smallest absolute Gasteiger partial charge is 0.264 e. The van der Waals surface area contributed by atoms with Gasteiger partial charge in [-0.15, -0.1) is 0 Å². The average molecular weight is 402 g/mol. The lowest BCUT2D eigenvalue weighted by atomic mass is 10.1. The van der Waals surface area contributed by atoms with Gasteiger partial charge in [0.15, 0.2) is 0 Å². The Bertz CT molecular complexity index is 1150. The lowest BCUT2D eigenvalue weighted by Crippen LogP contribution is -2.19. The van der Waals surface area contributed by atoms with Crippen molar-refractivity contribution in [2.75, 3.05) is 10.0 Å². The van der Waals surface area contributed by atoms with Crippen molar-refractivity contribution in [3.8, 4) is 0 Å². The van der Waals surface area contributed by atoms with E-state index in [0.717, 1.165) is 17.7 Å². The van der Waals surface area contributed by atoms with E-state index in [4.69, 9.17) is 0 Å². The van der Waals surface area contributed by atoms with Gasteiger partial charge >= 0.3 is 0 Å². The van der Waals surface area contributed by atoms with Crippen LogP contribution in [0.3, 0.4) is 0 Å². The monoisotopic (exact) mass is 402 g/mol. The van der Waals surface area contributed by atoms with Crippen LogP contribution < -0.4 is 10.0 Å². The van der Waals surface area contributed by atoms with Crippen LogP contribution in [0, 0.1) is 18.6 Å². The third-order valence-electron chi connectivity index (χ3n) is 3.88. The summed E-state index contributed by atoms with van der Waals surface area (Å²) in [7, 11) is -4.37. The first-order valence-corrected chi connectivity index (χ1v) is 9.69. The highest BCUT2D eigenvalue weighted by Crippen LogP contribution is 2.23. The highest BCUT2D eigenvalue weighted by Gasteiger charge is 2.22. The molecule has 0 unspecified atom stereocenters. The van der Waals surface area contributed by atoms with Crippen LogP contribution in [0.1, 0.15) is 15.9 Å². The van der Waals surface area contributed by atoms with E-state index < -0.39 is 32.5 Å². The quantitative estimate of drug-likeness (QED) is 0.667. The predicted octanol–water partition coefficient (Wildman–Crippen LogP) is 4.33. The zero-order chi connectivity index (χ0) is 20.3. The SMILES string of the molecule is Cc1cccc(NC(=O)c2ccccc2NS(=O)(=O)c2ccc(F)cc2F)c1. The van der Waals surface area contributed by atoms with Gasteiger partial charge in [0.25, 0.3) is 15.9 Å². The first-order valence-electron chi connectivity index (χ1n) is 8.21. The molecule has 28 heavy (non-hydrogen) atoms. The number of aryl methyl sites for hydroxylation is 1. The van der Waals surface area contributed by atoms with Crippen LogP contribution in [0.15, 0.2) is 71.6 Å². The zero-order valence-electron chi connectivity index (χ0n) is 14.7. The molecule has 0 atom stereocenters. The number of nitrogens with one attached hydrogen (secondary N) is 2. The maximum atomic E-state index is 13.9. The van der Waals surface area contributed by atoms with Crippen molar-refractivity contribution in [1.82, 2.24) is 0 Å². The molecule has 0 aliphatic heterocycles. The van der Waals surface area contributed by atoms with E-state index >= 15 is 0 Å². The van der Waals surface area contributed by atoms with E-state index in [-0.39, 0.29) is 11.3 Å². The average Bonchev–Trinajstić information content (AvgIpc) is 2.61. The number of para-hydroxylation sites is 1. The maximum Gasteiger partial charge on any atom is 0.264 e. The molecule has 3 rings (SSSR count). The number of hydrogen-bond acceptors (Lipinski definition) is 3. The Morgan fingerprint density at radius 2 is 1.68 bits per heavy atom. The van der Waals surface area contributed by atoms with Gasteiger partial charge in [0.1, 0.15) is 16.5 Å². The minimum Gasteiger partial charge on any atom is -0.322 e. The number of anilines is 2. The Labute approximate surface area is 161 Å². The van der Waals surface area contributed by atoms with Gasteiger partial charge in [-0.3, -0.25) is 9.52 Å². The number of amides is 1. The molecular formula is C20H16F2N2O3S. The van der Waals surface area contributed by atoms with Crippen molar-refractivity contribution in [3.05, 3.63) is 89.5 Å². The summed E-state index contributed by atoms with van der Waals surface area (Å²) in [5.74, 6) is -2.66. The Balaban J connectivity index is 1.90. The van der Waals surface area contributed by atoms with E-state index in [0.29, 0.717) is 11.8 Å².